The van der Waals surface area contributed by atoms with Gasteiger partial charge in [0.2, 0.25) is 5.91 Å². The van der Waals surface area contributed by atoms with Gasteiger partial charge in [-0.2, -0.15) is 13.2 Å². The number of methoxy groups -OCH3 is 2. The van der Waals surface area contributed by atoms with Gasteiger partial charge in [-0.3, -0.25) is 14.0 Å². The highest BCUT2D eigenvalue weighted by molar-refractivity contribution is 6.04. The third kappa shape index (κ3) is 6.14. The highest BCUT2D eigenvalue weighted by atomic mass is 19.4. The predicted octanol–water partition coefficient (Wildman–Crippen LogP) is 3.98. The summed E-state index contributed by atoms with van der Waals surface area (Å²) in [6, 6.07) is 5.93. The summed E-state index contributed by atoms with van der Waals surface area (Å²) in [5.74, 6) is -0.100. The molecule has 0 radical (unpaired) electrons. The first kappa shape index (κ1) is 30.7. The molecule has 2 atom stereocenters. The van der Waals surface area contributed by atoms with E-state index in [0.29, 0.717) is 35.8 Å². The van der Waals surface area contributed by atoms with Crippen molar-refractivity contribution in [1.82, 2.24) is 24.3 Å². The van der Waals surface area contributed by atoms with Crippen LogP contribution in [-0.4, -0.2) is 76.1 Å². The molecule has 1 aromatic carbocycles. The maximum absolute atomic E-state index is 13.1. The number of hydrogen-bond acceptors (Lipinski definition) is 9. The van der Waals surface area contributed by atoms with Crippen LogP contribution in [0.25, 0.3) is 16.8 Å². The van der Waals surface area contributed by atoms with Gasteiger partial charge in [0.05, 0.1) is 44.9 Å². The van der Waals surface area contributed by atoms with E-state index in [4.69, 9.17) is 24.9 Å². The fourth-order valence-corrected chi connectivity index (χ4v) is 4.99. The van der Waals surface area contributed by atoms with Gasteiger partial charge in [-0.1, -0.05) is 0 Å². The van der Waals surface area contributed by atoms with Crippen molar-refractivity contribution in [3.05, 3.63) is 65.9 Å². The molecule has 1 saturated heterocycles. The lowest BCUT2D eigenvalue weighted by molar-refractivity contribution is -0.145. The number of carbonyl (C=O) groups excluding carboxylic acids is 2. The van der Waals surface area contributed by atoms with Gasteiger partial charge in [-0.25, -0.2) is 15.0 Å². The third-order valence-corrected chi connectivity index (χ3v) is 7.22. The van der Waals surface area contributed by atoms with E-state index in [-0.39, 0.29) is 47.9 Å². The van der Waals surface area contributed by atoms with Gasteiger partial charge < -0.3 is 30.2 Å². The molecule has 4 heterocycles. The summed E-state index contributed by atoms with van der Waals surface area (Å²) >= 11 is 0. The number of pyridine rings is 1. The summed E-state index contributed by atoms with van der Waals surface area (Å²) in [5, 5.41) is 2.38. The Hall–Kier alpha value is -4.76. The van der Waals surface area contributed by atoms with Gasteiger partial charge in [-0.05, 0) is 37.3 Å². The van der Waals surface area contributed by atoms with Gasteiger partial charge in [0.1, 0.15) is 40.5 Å². The second-order valence-electron chi connectivity index (χ2n) is 10.1. The van der Waals surface area contributed by atoms with Crippen LogP contribution >= 0.6 is 0 Å². The Bertz CT molecular complexity index is 1690. The summed E-state index contributed by atoms with van der Waals surface area (Å²) in [4.78, 5) is 40.5. The number of nitrogens with one attached hydrogen (secondary N) is 1. The van der Waals surface area contributed by atoms with Gasteiger partial charge in [0.25, 0.3) is 5.91 Å². The number of morpholine rings is 1. The molecule has 0 aliphatic carbocycles. The molecule has 0 bridgehead atoms. The summed E-state index contributed by atoms with van der Waals surface area (Å²) in [6.45, 7) is 2.76. The van der Waals surface area contributed by atoms with Crippen LogP contribution in [0.2, 0.25) is 0 Å². The average Bonchev–Trinajstić information content (AvgIpc) is 3.40. The monoisotopic (exact) mass is 613 g/mol. The number of nitrogens with two attached hydrogens (primary N) is 1. The van der Waals surface area contributed by atoms with Crippen LogP contribution in [0.5, 0.6) is 5.75 Å². The summed E-state index contributed by atoms with van der Waals surface area (Å²) in [7, 11) is 2.95. The lowest BCUT2D eigenvalue weighted by Crippen LogP contribution is -2.48. The summed E-state index contributed by atoms with van der Waals surface area (Å²) in [5.41, 5.74) is 6.80. The minimum absolute atomic E-state index is 0.0641. The van der Waals surface area contributed by atoms with Crippen molar-refractivity contribution < 1.29 is 37.0 Å². The smallest absolute Gasteiger partial charge is 0.416 e. The van der Waals surface area contributed by atoms with E-state index in [2.05, 4.69) is 15.3 Å². The molecule has 15 heteroatoms. The van der Waals surface area contributed by atoms with Gasteiger partial charge in [0, 0.05) is 36.8 Å². The molecule has 1 aliphatic rings. The lowest BCUT2D eigenvalue weighted by atomic mass is 10.1. The first-order chi connectivity index (χ1) is 21.0. The zero-order valence-electron chi connectivity index (χ0n) is 24.1. The number of amides is 2. The van der Waals surface area contributed by atoms with E-state index < -0.39 is 23.8 Å². The number of ether oxygens (including phenoxy) is 3. The van der Waals surface area contributed by atoms with Crippen LogP contribution in [0.4, 0.5) is 24.8 Å². The topological polar surface area (TPSA) is 146 Å². The number of fused-ring (bicyclic) bond motifs is 1. The second-order valence-corrected chi connectivity index (χ2v) is 10.1. The molecule has 1 fully saturated rings. The van der Waals surface area contributed by atoms with Crippen molar-refractivity contribution in [2.24, 2.45) is 0 Å². The number of alkyl halides is 3. The summed E-state index contributed by atoms with van der Waals surface area (Å²) < 4.78 is 57.8. The van der Waals surface area contributed by atoms with Gasteiger partial charge in [-0.15, -0.1) is 0 Å². The number of nitrogens with zero attached hydrogens (tertiary/aromatic N) is 5. The van der Waals surface area contributed by atoms with E-state index in [1.165, 1.54) is 32.5 Å². The molecular weight excluding hydrogens is 583 g/mol. The number of halogens is 3. The maximum Gasteiger partial charge on any atom is 0.416 e. The molecule has 0 spiro atoms. The Balaban J connectivity index is 1.48. The standard InChI is InChI=1S/C29H30F3N7O5/c1-16-15-44-21(14-39(16)23(40)7-11-42-2)27-37-24(25-26(33)35-9-10-38(25)27)19-5-4-17(12-20(19)43-3)28(41)36-22-13-18(6-8-34-22)29(30,31)32/h4-6,8-10,12-13,16,21H,7,11,14-15H2,1-3H3,(H2,33,35)(H,34,36,41)/t16-,21+/m0/s1. The van der Waals surface area contributed by atoms with Crippen molar-refractivity contribution in [3.63, 3.8) is 0 Å². The number of hydrogen-bond donors (Lipinski definition) is 2. The van der Waals surface area contributed by atoms with Crippen LogP contribution < -0.4 is 15.8 Å². The predicted molar refractivity (Wildman–Crippen MR) is 153 cm³/mol. The van der Waals surface area contributed by atoms with Crippen LogP contribution in [0.15, 0.2) is 48.9 Å². The Morgan fingerprint density at radius 1 is 1.16 bits per heavy atom. The molecule has 44 heavy (non-hydrogen) atoms. The molecule has 0 saturated carbocycles. The van der Waals surface area contributed by atoms with Gasteiger partial charge in [0.15, 0.2) is 0 Å². The zero-order valence-corrected chi connectivity index (χ0v) is 24.1. The SMILES string of the molecule is COCCC(=O)N1C[C@H](c2nc(-c3ccc(C(=O)Nc4cc(C(F)(F)F)ccn4)cc3OC)c3c(N)nccn23)OC[C@@H]1C. The molecule has 1 aliphatic heterocycles. The Labute approximate surface area is 250 Å². The quantitative estimate of drug-likeness (QED) is 0.301. The molecule has 0 unspecified atom stereocenters. The molecule has 5 rings (SSSR count). The fourth-order valence-electron chi connectivity index (χ4n) is 4.99. The number of aromatic nitrogens is 4. The zero-order chi connectivity index (χ0) is 31.6. The van der Waals surface area contributed by atoms with Crippen molar-refractivity contribution >= 4 is 29.0 Å². The first-order valence-corrected chi connectivity index (χ1v) is 13.6. The average molecular weight is 614 g/mol. The normalized spacial score (nSPS) is 17.1. The van der Waals surface area contributed by atoms with E-state index in [0.717, 1.165) is 18.3 Å². The van der Waals surface area contributed by atoms with Gasteiger partial charge >= 0.3 is 6.18 Å². The molecule has 4 aromatic rings. The molecule has 2 amide bonds. The molecule has 3 N–H and O–H groups in total. The Morgan fingerprint density at radius 2 is 1.95 bits per heavy atom. The minimum atomic E-state index is -4.59. The summed E-state index contributed by atoms with van der Waals surface area (Å²) in [6.07, 6.45) is -0.763. The van der Waals surface area contributed by atoms with Crippen LogP contribution in [0.1, 0.15) is 41.2 Å². The minimum Gasteiger partial charge on any atom is -0.496 e. The molecular formula is C29H30F3N7O5. The number of benzene rings is 1. The number of imidazole rings is 1. The first-order valence-electron chi connectivity index (χ1n) is 13.6. The Morgan fingerprint density at radius 3 is 2.68 bits per heavy atom. The van der Waals surface area contributed by atoms with Crippen LogP contribution in [-0.2, 0) is 20.4 Å². The largest absolute Gasteiger partial charge is 0.496 e. The maximum atomic E-state index is 13.1. The van der Waals surface area contributed by atoms with Crippen molar-refractivity contribution in [2.45, 2.75) is 31.7 Å². The van der Waals surface area contributed by atoms with Crippen LogP contribution in [0.3, 0.4) is 0 Å². The molecule has 232 valence electrons. The van der Waals surface area contributed by atoms with Crippen molar-refractivity contribution in [3.8, 4) is 17.0 Å². The number of anilines is 2. The van der Waals surface area contributed by atoms with Crippen molar-refractivity contribution in [1.29, 1.82) is 0 Å². The Kier molecular flexibility index (Phi) is 8.69. The van der Waals surface area contributed by atoms with E-state index >= 15 is 0 Å². The van der Waals surface area contributed by atoms with E-state index in [1.807, 2.05) is 6.92 Å². The fraction of sp³-hybridized carbons (Fsp3) is 0.345. The molecule has 3 aromatic heterocycles. The highest BCUT2D eigenvalue weighted by Gasteiger charge is 2.34. The molecule has 12 nitrogen and oxygen atoms in total. The van der Waals surface area contributed by atoms with Crippen LogP contribution in [0, 0.1) is 0 Å². The second kappa shape index (κ2) is 12.5. The number of nitrogen functional groups attached to an aromatic ring is 1. The highest BCUT2D eigenvalue weighted by Crippen LogP contribution is 2.38. The van der Waals surface area contributed by atoms with E-state index in [9.17, 15) is 22.8 Å². The van der Waals surface area contributed by atoms with E-state index in [1.54, 1.807) is 21.6 Å². The lowest BCUT2D eigenvalue weighted by Gasteiger charge is -2.37. The van der Waals surface area contributed by atoms with Crippen molar-refractivity contribution in [2.75, 3.05) is 45.0 Å². The number of rotatable bonds is 8. The third-order valence-electron chi connectivity index (χ3n) is 7.22. The number of carbonyl (C=O) groups is 2.